The molecule has 1 unspecified atom stereocenters. The Bertz CT molecular complexity index is 229. The summed E-state index contributed by atoms with van der Waals surface area (Å²) in [5.41, 5.74) is 0. The first-order valence-electron chi connectivity index (χ1n) is 5.22. The first-order valence-corrected chi connectivity index (χ1v) is 5.22. The fraction of sp³-hybridized carbons (Fsp3) is 0.636. The smallest absolute Gasteiger partial charge is 0.120 e. The standard InChI is InChI=1S/C11H19NO2/c1-3-9(8-13)12-10(4-2)11-6-5-7-14-11/h5-7,9-10,12-13H,3-4,8H2,1-2H3/t9-,10?/m0/s1. The second kappa shape index (κ2) is 5.83. The summed E-state index contributed by atoms with van der Waals surface area (Å²) in [5.74, 6) is 0.944. The Morgan fingerprint density at radius 2 is 2.21 bits per heavy atom. The van der Waals surface area contributed by atoms with E-state index in [0.717, 1.165) is 18.6 Å². The van der Waals surface area contributed by atoms with Gasteiger partial charge in [0.1, 0.15) is 5.76 Å². The largest absolute Gasteiger partial charge is 0.468 e. The summed E-state index contributed by atoms with van der Waals surface area (Å²) < 4.78 is 5.33. The quantitative estimate of drug-likeness (QED) is 0.734. The second-order valence-electron chi connectivity index (χ2n) is 3.43. The van der Waals surface area contributed by atoms with Crippen LogP contribution in [0.25, 0.3) is 0 Å². The van der Waals surface area contributed by atoms with Gasteiger partial charge in [0.05, 0.1) is 18.9 Å². The van der Waals surface area contributed by atoms with Crippen molar-refractivity contribution in [3.05, 3.63) is 24.2 Å². The minimum Gasteiger partial charge on any atom is -0.468 e. The number of aliphatic hydroxyl groups is 1. The summed E-state index contributed by atoms with van der Waals surface area (Å²) >= 11 is 0. The fourth-order valence-electron chi connectivity index (χ4n) is 1.47. The van der Waals surface area contributed by atoms with Gasteiger partial charge in [-0.3, -0.25) is 0 Å². The summed E-state index contributed by atoms with van der Waals surface area (Å²) in [6.07, 6.45) is 3.57. The molecule has 3 heteroatoms. The van der Waals surface area contributed by atoms with Crippen LogP contribution in [0.4, 0.5) is 0 Å². The zero-order valence-electron chi connectivity index (χ0n) is 8.86. The van der Waals surface area contributed by atoms with Gasteiger partial charge in [0.25, 0.3) is 0 Å². The van der Waals surface area contributed by atoms with Crippen molar-refractivity contribution in [1.82, 2.24) is 5.32 Å². The second-order valence-corrected chi connectivity index (χ2v) is 3.43. The lowest BCUT2D eigenvalue weighted by Gasteiger charge is -2.20. The van der Waals surface area contributed by atoms with Crippen molar-refractivity contribution in [3.63, 3.8) is 0 Å². The molecule has 0 aliphatic heterocycles. The maximum Gasteiger partial charge on any atom is 0.120 e. The molecule has 0 saturated carbocycles. The fourth-order valence-corrected chi connectivity index (χ4v) is 1.47. The van der Waals surface area contributed by atoms with E-state index < -0.39 is 0 Å². The third-order valence-corrected chi connectivity index (χ3v) is 2.44. The highest BCUT2D eigenvalue weighted by Gasteiger charge is 2.15. The molecule has 0 spiro atoms. The van der Waals surface area contributed by atoms with Gasteiger partial charge >= 0.3 is 0 Å². The van der Waals surface area contributed by atoms with Crippen LogP contribution < -0.4 is 5.32 Å². The number of furan rings is 1. The molecule has 2 N–H and O–H groups in total. The number of nitrogens with one attached hydrogen (secondary N) is 1. The lowest BCUT2D eigenvalue weighted by atomic mass is 10.1. The lowest BCUT2D eigenvalue weighted by molar-refractivity contribution is 0.220. The summed E-state index contributed by atoms with van der Waals surface area (Å²) in [5, 5.41) is 12.4. The van der Waals surface area contributed by atoms with Crippen molar-refractivity contribution in [2.24, 2.45) is 0 Å². The Hall–Kier alpha value is -0.800. The molecule has 0 aliphatic carbocycles. The highest BCUT2D eigenvalue weighted by atomic mass is 16.3. The molecule has 1 aromatic rings. The van der Waals surface area contributed by atoms with Gasteiger partial charge in [-0.1, -0.05) is 13.8 Å². The number of hydrogen-bond acceptors (Lipinski definition) is 3. The van der Waals surface area contributed by atoms with E-state index >= 15 is 0 Å². The molecule has 80 valence electrons. The molecule has 1 rings (SSSR count). The van der Waals surface area contributed by atoms with Gasteiger partial charge in [0.15, 0.2) is 0 Å². The number of aliphatic hydroxyl groups excluding tert-OH is 1. The molecule has 0 aromatic carbocycles. The molecule has 0 aliphatic rings. The molecule has 3 nitrogen and oxygen atoms in total. The van der Waals surface area contributed by atoms with E-state index in [1.165, 1.54) is 0 Å². The molecule has 0 bridgehead atoms. The zero-order valence-corrected chi connectivity index (χ0v) is 8.86. The molecule has 1 heterocycles. The van der Waals surface area contributed by atoms with Crippen molar-refractivity contribution in [3.8, 4) is 0 Å². The molecule has 14 heavy (non-hydrogen) atoms. The summed E-state index contributed by atoms with van der Waals surface area (Å²) in [6.45, 7) is 4.33. The Morgan fingerprint density at radius 3 is 2.64 bits per heavy atom. The Kier molecular flexibility index (Phi) is 4.70. The number of hydrogen-bond donors (Lipinski definition) is 2. The normalized spacial score (nSPS) is 15.4. The van der Waals surface area contributed by atoms with E-state index in [1.54, 1.807) is 6.26 Å². The predicted molar refractivity (Wildman–Crippen MR) is 56.0 cm³/mol. The van der Waals surface area contributed by atoms with Crippen LogP contribution >= 0.6 is 0 Å². The number of rotatable bonds is 6. The minimum atomic E-state index is 0.157. The Labute approximate surface area is 85.1 Å². The lowest BCUT2D eigenvalue weighted by Crippen LogP contribution is -2.34. The van der Waals surface area contributed by atoms with Crippen LogP contribution in [0, 0.1) is 0 Å². The van der Waals surface area contributed by atoms with Crippen molar-refractivity contribution in [1.29, 1.82) is 0 Å². The van der Waals surface area contributed by atoms with E-state index in [9.17, 15) is 0 Å². The van der Waals surface area contributed by atoms with Crippen LogP contribution in [0.5, 0.6) is 0 Å². The maximum atomic E-state index is 9.07. The van der Waals surface area contributed by atoms with Crippen molar-refractivity contribution >= 4 is 0 Å². The van der Waals surface area contributed by atoms with Crippen LogP contribution in [0.1, 0.15) is 38.5 Å². The zero-order chi connectivity index (χ0) is 10.4. The molecule has 0 radical (unpaired) electrons. The molecular weight excluding hydrogens is 178 g/mol. The third-order valence-electron chi connectivity index (χ3n) is 2.44. The SMILES string of the molecule is CCC(N[C@@H](CC)CO)c1ccco1. The summed E-state index contributed by atoms with van der Waals surface area (Å²) in [6, 6.07) is 4.22. The topological polar surface area (TPSA) is 45.4 Å². The van der Waals surface area contributed by atoms with Crippen LogP contribution in [0.2, 0.25) is 0 Å². The van der Waals surface area contributed by atoms with E-state index in [1.807, 2.05) is 12.1 Å². The average Bonchev–Trinajstić information content (AvgIpc) is 2.73. The van der Waals surface area contributed by atoms with Gasteiger partial charge < -0.3 is 14.8 Å². The third kappa shape index (κ3) is 2.86. The van der Waals surface area contributed by atoms with E-state index in [2.05, 4.69) is 19.2 Å². The van der Waals surface area contributed by atoms with Crippen LogP contribution in [-0.2, 0) is 0 Å². The van der Waals surface area contributed by atoms with E-state index in [4.69, 9.17) is 9.52 Å². The van der Waals surface area contributed by atoms with Gasteiger partial charge in [-0.25, -0.2) is 0 Å². The van der Waals surface area contributed by atoms with Crippen LogP contribution in [0.15, 0.2) is 22.8 Å². The maximum absolute atomic E-state index is 9.07. The summed E-state index contributed by atoms with van der Waals surface area (Å²) in [4.78, 5) is 0. The molecule has 0 amide bonds. The molecule has 2 atom stereocenters. The Balaban J connectivity index is 2.55. The van der Waals surface area contributed by atoms with Gasteiger partial charge in [-0.05, 0) is 25.0 Å². The van der Waals surface area contributed by atoms with Crippen molar-refractivity contribution in [2.45, 2.75) is 38.8 Å². The monoisotopic (exact) mass is 197 g/mol. The molecular formula is C11H19NO2. The molecule has 1 aromatic heterocycles. The molecule has 0 fully saturated rings. The van der Waals surface area contributed by atoms with Gasteiger partial charge in [0.2, 0.25) is 0 Å². The van der Waals surface area contributed by atoms with Crippen molar-refractivity contribution < 1.29 is 9.52 Å². The minimum absolute atomic E-state index is 0.157. The first kappa shape index (κ1) is 11.3. The average molecular weight is 197 g/mol. The molecule has 0 saturated heterocycles. The Morgan fingerprint density at radius 1 is 1.43 bits per heavy atom. The highest BCUT2D eigenvalue weighted by Crippen LogP contribution is 2.17. The van der Waals surface area contributed by atoms with Crippen molar-refractivity contribution in [2.75, 3.05) is 6.61 Å². The highest BCUT2D eigenvalue weighted by molar-refractivity contribution is 5.04. The van der Waals surface area contributed by atoms with E-state index in [0.29, 0.717) is 0 Å². The van der Waals surface area contributed by atoms with Gasteiger partial charge in [-0.2, -0.15) is 0 Å². The van der Waals surface area contributed by atoms with Crippen LogP contribution in [-0.4, -0.2) is 17.8 Å². The van der Waals surface area contributed by atoms with E-state index in [-0.39, 0.29) is 18.7 Å². The summed E-state index contributed by atoms with van der Waals surface area (Å²) in [7, 11) is 0. The van der Waals surface area contributed by atoms with Crippen LogP contribution in [0.3, 0.4) is 0 Å². The first-order chi connectivity index (χ1) is 6.81. The van der Waals surface area contributed by atoms with Gasteiger partial charge in [0, 0.05) is 6.04 Å². The van der Waals surface area contributed by atoms with Gasteiger partial charge in [-0.15, -0.1) is 0 Å². The predicted octanol–water partition coefficient (Wildman–Crippen LogP) is 2.09.